The first-order chi connectivity index (χ1) is 14.1. The summed E-state index contributed by atoms with van der Waals surface area (Å²) in [7, 11) is 0. The van der Waals surface area contributed by atoms with Gasteiger partial charge in [-0.25, -0.2) is 4.98 Å². The van der Waals surface area contributed by atoms with Gasteiger partial charge < -0.3 is 5.32 Å². The summed E-state index contributed by atoms with van der Waals surface area (Å²) in [6, 6.07) is 16.1. The highest BCUT2D eigenvalue weighted by atomic mass is 79.9. The first-order valence-electron chi connectivity index (χ1n) is 9.80. The number of halogens is 2. The molecule has 0 bridgehead atoms. The summed E-state index contributed by atoms with van der Waals surface area (Å²) in [5.74, 6) is -0.148. The number of benzene rings is 2. The maximum atomic E-state index is 12.8. The Morgan fingerprint density at radius 1 is 0.828 bits per heavy atom. The van der Waals surface area contributed by atoms with Gasteiger partial charge in [0.1, 0.15) is 5.69 Å². The van der Waals surface area contributed by atoms with Crippen LogP contribution in [0.15, 0.2) is 63.7 Å². The van der Waals surface area contributed by atoms with Crippen molar-refractivity contribution < 1.29 is 4.79 Å². The first-order valence-corrected chi connectivity index (χ1v) is 11.4. The number of hydrogen-bond acceptors (Lipinski definition) is 3. The van der Waals surface area contributed by atoms with Crippen molar-refractivity contribution in [3.05, 3.63) is 69.4 Å². The Balaban J connectivity index is 1.71. The molecule has 1 saturated carbocycles. The molecule has 29 heavy (non-hydrogen) atoms. The van der Waals surface area contributed by atoms with E-state index < -0.39 is 0 Å². The van der Waals surface area contributed by atoms with Crippen LogP contribution in [-0.2, 0) is 0 Å². The second-order valence-electron chi connectivity index (χ2n) is 7.27. The lowest BCUT2D eigenvalue weighted by molar-refractivity contribution is 0.0922. The van der Waals surface area contributed by atoms with Crippen LogP contribution in [0.3, 0.4) is 0 Å². The lowest BCUT2D eigenvalue weighted by Crippen LogP contribution is -2.36. The van der Waals surface area contributed by atoms with Crippen LogP contribution >= 0.6 is 31.9 Å². The number of aromatic nitrogens is 2. The smallest absolute Gasteiger partial charge is 0.271 e. The fourth-order valence-electron chi connectivity index (χ4n) is 3.63. The molecule has 0 spiro atoms. The summed E-state index contributed by atoms with van der Waals surface area (Å²) in [5, 5.41) is 3.13. The molecular weight excluding hydrogens is 494 g/mol. The van der Waals surface area contributed by atoms with Crippen LogP contribution in [0.4, 0.5) is 0 Å². The standard InChI is InChI=1S/C23H21Br2N3O/c24-17-10-6-15(7-11-17)21-22(16-8-12-18(25)13-9-16)28-20(14-26-21)23(29)27-19-4-2-1-3-5-19/h6-14,19H,1-5H2,(H,27,29). The minimum Gasteiger partial charge on any atom is -0.348 e. The zero-order chi connectivity index (χ0) is 20.2. The van der Waals surface area contributed by atoms with E-state index in [0.29, 0.717) is 11.4 Å². The lowest BCUT2D eigenvalue weighted by Gasteiger charge is -2.22. The lowest BCUT2D eigenvalue weighted by atomic mass is 9.95. The van der Waals surface area contributed by atoms with Crippen LogP contribution in [0.1, 0.15) is 42.6 Å². The Kier molecular flexibility index (Phi) is 6.40. The van der Waals surface area contributed by atoms with Crippen molar-refractivity contribution in [3.8, 4) is 22.5 Å². The normalized spacial score (nSPS) is 14.6. The quantitative estimate of drug-likeness (QED) is 0.438. The highest BCUT2D eigenvalue weighted by Gasteiger charge is 2.20. The van der Waals surface area contributed by atoms with Crippen molar-refractivity contribution in [1.82, 2.24) is 15.3 Å². The van der Waals surface area contributed by atoms with E-state index in [2.05, 4.69) is 42.2 Å². The van der Waals surface area contributed by atoms with Crippen LogP contribution in [0.25, 0.3) is 22.5 Å². The minimum atomic E-state index is -0.148. The molecule has 1 aliphatic rings. The maximum absolute atomic E-state index is 12.8. The fraction of sp³-hybridized carbons (Fsp3) is 0.261. The Morgan fingerprint density at radius 2 is 1.38 bits per heavy atom. The van der Waals surface area contributed by atoms with Gasteiger partial charge in [0, 0.05) is 26.1 Å². The minimum absolute atomic E-state index is 0.148. The van der Waals surface area contributed by atoms with Gasteiger partial charge >= 0.3 is 0 Å². The van der Waals surface area contributed by atoms with E-state index in [-0.39, 0.29) is 11.9 Å². The zero-order valence-corrected chi connectivity index (χ0v) is 19.0. The summed E-state index contributed by atoms with van der Waals surface area (Å²) >= 11 is 6.95. The number of carbonyl (C=O) groups excluding carboxylic acids is 1. The molecule has 2 aromatic carbocycles. The molecule has 0 atom stereocenters. The molecular formula is C23H21Br2N3O. The van der Waals surface area contributed by atoms with Gasteiger partial charge in [0.25, 0.3) is 5.91 Å². The molecule has 1 amide bonds. The number of amides is 1. The van der Waals surface area contributed by atoms with Crippen LogP contribution in [0, 0.1) is 0 Å². The van der Waals surface area contributed by atoms with Crippen molar-refractivity contribution in [3.63, 3.8) is 0 Å². The van der Waals surface area contributed by atoms with Gasteiger partial charge in [-0.05, 0) is 37.1 Å². The van der Waals surface area contributed by atoms with Gasteiger partial charge in [-0.2, -0.15) is 0 Å². The van der Waals surface area contributed by atoms with E-state index in [1.54, 1.807) is 6.20 Å². The Hall–Kier alpha value is -2.05. The summed E-state index contributed by atoms with van der Waals surface area (Å²) in [6.45, 7) is 0. The predicted octanol–water partition coefficient (Wildman–Crippen LogP) is 6.40. The van der Waals surface area contributed by atoms with E-state index in [1.165, 1.54) is 19.3 Å². The second kappa shape index (κ2) is 9.18. The Bertz CT molecular complexity index is 998. The van der Waals surface area contributed by atoms with Crippen molar-refractivity contribution >= 4 is 37.8 Å². The van der Waals surface area contributed by atoms with Crippen LogP contribution in [0.2, 0.25) is 0 Å². The van der Waals surface area contributed by atoms with Crippen LogP contribution in [0.5, 0.6) is 0 Å². The molecule has 0 unspecified atom stereocenters. The Labute approximate surface area is 187 Å². The largest absolute Gasteiger partial charge is 0.348 e. The van der Waals surface area contributed by atoms with Gasteiger partial charge in [-0.15, -0.1) is 0 Å². The third-order valence-corrected chi connectivity index (χ3v) is 6.24. The molecule has 1 heterocycles. The van der Waals surface area contributed by atoms with Crippen molar-refractivity contribution in [1.29, 1.82) is 0 Å². The highest BCUT2D eigenvalue weighted by Crippen LogP contribution is 2.30. The molecule has 4 nitrogen and oxygen atoms in total. The van der Waals surface area contributed by atoms with Gasteiger partial charge in [-0.1, -0.05) is 75.4 Å². The monoisotopic (exact) mass is 513 g/mol. The Morgan fingerprint density at radius 3 is 1.97 bits per heavy atom. The summed E-state index contributed by atoms with van der Waals surface area (Å²) in [4.78, 5) is 22.2. The van der Waals surface area contributed by atoms with Crippen LogP contribution in [-0.4, -0.2) is 21.9 Å². The molecule has 148 valence electrons. The third kappa shape index (κ3) is 4.93. The zero-order valence-electron chi connectivity index (χ0n) is 15.9. The topological polar surface area (TPSA) is 54.9 Å². The molecule has 3 aromatic rings. The van der Waals surface area contributed by atoms with Crippen molar-refractivity contribution in [2.24, 2.45) is 0 Å². The summed E-state index contributed by atoms with van der Waals surface area (Å²) in [5.41, 5.74) is 3.70. The highest BCUT2D eigenvalue weighted by molar-refractivity contribution is 9.10. The fourth-order valence-corrected chi connectivity index (χ4v) is 4.16. The average Bonchev–Trinajstić information content (AvgIpc) is 2.75. The van der Waals surface area contributed by atoms with E-state index in [9.17, 15) is 4.79 Å². The van der Waals surface area contributed by atoms with Crippen LogP contribution < -0.4 is 5.32 Å². The van der Waals surface area contributed by atoms with Crippen molar-refractivity contribution in [2.75, 3.05) is 0 Å². The molecule has 0 radical (unpaired) electrons. The number of rotatable bonds is 4. The van der Waals surface area contributed by atoms with Gasteiger partial charge in [0.15, 0.2) is 0 Å². The van der Waals surface area contributed by atoms with E-state index in [1.807, 2.05) is 48.5 Å². The molecule has 1 N–H and O–H groups in total. The number of nitrogens with one attached hydrogen (secondary N) is 1. The molecule has 1 aromatic heterocycles. The van der Waals surface area contributed by atoms with Crippen molar-refractivity contribution in [2.45, 2.75) is 38.1 Å². The average molecular weight is 515 g/mol. The summed E-state index contributed by atoms with van der Waals surface area (Å²) < 4.78 is 1.99. The second-order valence-corrected chi connectivity index (χ2v) is 9.11. The molecule has 0 saturated heterocycles. The molecule has 0 aliphatic heterocycles. The number of carbonyl (C=O) groups is 1. The van der Waals surface area contributed by atoms with E-state index >= 15 is 0 Å². The van der Waals surface area contributed by atoms with E-state index in [4.69, 9.17) is 4.98 Å². The number of nitrogens with zero attached hydrogens (tertiary/aromatic N) is 2. The van der Waals surface area contributed by atoms with Gasteiger partial charge in [0.2, 0.25) is 0 Å². The predicted molar refractivity (Wildman–Crippen MR) is 123 cm³/mol. The molecule has 4 rings (SSSR count). The van der Waals surface area contributed by atoms with E-state index in [0.717, 1.165) is 38.6 Å². The third-order valence-electron chi connectivity index (χ3n) is 5.18. The van der Waals surface area contributed by atoms with Gasteiger partial charge in [0.05, 0.1) is 17.6 Å². The number of hydrogen-bond donors (Lipinski definition) is 1. The summed E-state index contributed by atoms with van der Waals surface area (Å²) in [6.07, 6.45) is 7.25. The first kappa shape index (κ1) is 20.2. The van der Waals surface area contributed by atoms with Gasteiger partial charge in [-0.3, -0.25) is 9.78 Å². The SMILES string of the molecule is O=C(NC1CCCCC1)c1cnc(-c2ccc(Br)cc2)c(-c2ccc(Br)cc2)n1. The molecule has 1 fully saturated rings. The molecule has 6 heteroatoms. The maximum Gasteiger partial charge on any atom is 0.271 e. The molecule has 1 aliphatic carbocycles.